The molecule has 3 aromatic rings. The summed E-state index contributed by atoms with van der Waals surface area (Å²) in [5.74, 6) is 0.845. The smallest absolute Gasteiger partial charge is 0.137 e. The summed E-state index contributed by atoms with van der Waals surface area (Å²) >= 11 is 0. The monoisotopic (exact) mass is 238 g/mol. The van der Waals surface area contributed by atoms with E-state index >= 15 is 0 Å². The molecule has 0 bridgehead atoms. The van der Waals surface area contributed by atoms with Gasteiger partial charge in [0.15, 0.2) is 0 Å². The highest BCUT2D eigenvalue weighted by Gasteiger charge is 2.08. The van der Waals surface area contributed by atoms with Crippen LogP contribution >= 0.6 is 0 Å². The van der Waals surface area contributed by atoms with Crippen molar-refractivity contribution in [3.05, 3.63) is 54.4 Å². The third kappa shape index (κ3) is 1.74. The summed E-state index contributed by atoms with van der Waals surface area (Å²) in [6, 6.07) is 12.1. The summed E-state index contributed by atoms with van der Waals surface area (Å²) in [6.07, 6.45) is 4.04. The molecule has 3 heteroatoms. The zero-order valence-corrected chi connectivity index (χ0v) is 10.4. The Balaban J connectivity index is 2.19. The van der Waals surface area contributed by atoms with Crippen molar-refractivity contribution in [3.63, 3.8) is 0 Å². The molecule has 0 saturated carbocycles. The van der Waals surface area contributed by atoms with Crippen molar-refractivity contribution >= 4 is 5.65 Å². The highest BCUT2D eigenvalue weighted by molar-refractivity contribution is 5.69. The molecule has 0 spiro atoms. The van der Waals surface area contributed by atoms with E-state index in [1.54, 1.807) is 7.11 Å². The van der Waals surface area contributed by atoms with E-state index in [1.807, 2.05) is 41.1 Å². The lowest BCUT2D eigenvalue weighted by Gasteiger charge is -2.04. The number of hydrogen-bond donors (Lipinski definition) is 0. The summed E-state index contributed by atoms with van der Waals surface area (Å²) in [7, 11) is 1.68. The van der Waals surface area contributed by atoms with E-state index < -0.39 is 0 Å². The maximum absolute atomic E-state index is 5.37. The number of hydrogen-bond acceptors (Lipinski definition) is 2. The van der Waals surface area contributed by atoms with Gasteiger partial charge >= 0.3 is 0 Å². The topological polar surface area (TPSA) is 26.5 Å². The molecule has 0 unspecified atom stereocenters. The molecule has 0 aliphatic rings. The van der Waals surface area contributed by atoms with Crippen molar-refractivity contribution in [2.45, 2.75) is 6.92 Å². The molecule has 0 aliphatic heterocycles. The van der Waals surface area contributed by atoms with Gasteiger partial charge in [0.05, 0.1) is 12.8 Å². The minimum Gasteiger partial charge on any atom is -0.496 e. The maximum Gasteiger partial charge on any atom is 0.137 e. The van der Waals surface area contributed by atoms with E-state index in [0.717, 1.165) is 22.7 Å². The van der Waals surface area contributed by atoms with Crippen molar-refractivity contribution in [1.82, 2.24) is 9.38 Å². The summed E-state index contributed by atoms with van der Waals surface area (Å²) in [5, 5.41) is 0. The molecule has 1 aromatic carbocycles. The Bertz CT molecular complexity index is 701. The SMILES string of the molecule is COc1ccccc1-c1cn2ccc(C)cc2n1. The third-order valence-electron chi connectivity index (χ3n) is 3.00. The number of aryl methyl sites for hydroxylation is 1. The lowest BCUT2D eigenvalue weighted by molar-refractivity contribution is 0.416. The van der Waals surface area contributed by atoms with Crippen LogP contribution in [0, 0.1) is 6.92 Å². The van der Waals surface area contributed by atoms with Gasteiger partial charge in [-0.15, -0.1) is 0 Å². The van der Waals surface area contributed by atoms with Crippen LogP contribution in [0.4, 0.5) is 0 Å². The standard InChI is InChI=1S/C15H14N2O/c1-11-7-8-17-10-13(16-15(17)9-11)12-5-3-4-6-14(12)18-2/h3-10H,1-2H3. The number of imidazole rings is 1. The minimum absolute atomic E-state index is 0.845. The first-order valence-corrected chi connectivity index (χ1v) is 5.86. The highest BCUT2D eigenvalue weighted by atomic mass is 16.5. The Morgan fingerprint density at radius 2 is 2.00 bits per heavy atom. The van der Waals surface area contributed by atoms with E-state index in [2.05, 4.69) is 24.0 Å². The molecule has 0 aliphatic carbocycles. The zero-order valence-electron chi connectivity index (χ0n) is 10.4. The van der Waals surface area contributed by atoms with Gasteiger partial charge in [0.2, 0.25) is 0 Å². The molecular weight excluding hydrogens is 224 g/mol. The van der Waals surface area contributed by atoms with Crippen LogP contribution in [0.2, 0.25) is 0 Å². The Hall–Kier alpha value is -2.29. The van der Waals surface area contributed by atoms with Gasteiger partial charge < -0.3 is 9.14 Å². The average Bonchev–Trinajstić information content (AvgIpc) is 2.81. The van der Waals surface area contributed by atoms with E-state index in [0.29, 0.717) is 0 Å². The molecule has 2 heterocycles. The van der Waals surface area contributed by atoms with Crippen LogP contribution in [0.15, 0.2) is 48.8 Å². The molecule has 0 radical (unpaired) electrons. The molecule has 0 fully saturated rings. The Morgan fingerprint density at radius 3 is 2.83 bits per heavy atom. The number of fused-ring (bicyclic) bond motifs is 1. The first-order chi connectivity index (χ1) is 8.78. The van der Waals surface area contributed by atoms with Gasteiger partial charge in [-0.05, 0) is 36.8 Å². The number of para-hydroxylation sites is 1. The number of ether oxygens (including phenoxy) is 1. The predicted molar refractivity (Wildman–Crippen MR) is 71.9 cm³/mol. The number of methoxy groups -OCH3 is 1. The predicted octanol–water partition coefficient (Wildman–Crippen LogP) is 3.32. The molecule has 0 atom stereocenters. The molecular formula is C15H14N2O. The zero-order chi connectivity index (χ0) is 12.5. The van der Waals surface area contributed by atoms with Crippen molar-refractivity contribution in [2.24, 2.45) is 0 Å². The molecule has 0 amide bonds. The van der Waals surface area contributed by atoms with Crippen LogP contribution in [0.5, 0.6) is 5.75 Å². The minimum atomic E-state index is 0.845. The van der Waals surface area contributed by atoms with Crippen LogP contribution in [-0.4, -0.2) is 16.5 Å². The summed E-state index contributed by atoms with van der Waals surface area (Å²) in [4.78, 5) is 4.64. The molecule has 0 N–H and O–H groups in total. The Morgan fingerprint density at radius 1 is 1.17 bits per heavy atom. The Labute approximate surface area is 106 Å². The molecule has 0 saturated heterocycles. The molecule has 18 heavy (non-hydrogen) atoms. The maximum atomic E-state index is 5.37. The van der Waals surface area contributed by atoms with Gasteiger partial charge in [0.1, 0.15) is 11.4 Å². The second-order valence-electron chi connectivity index (χ2n) is 4.30. The van der Waals surface area contributed by atoms with Gasteiger partial charge in [0, 0.05) is 18.0 Å². The van der Waals surface area contributed by atoms with Crippen molar-refractivity contribution in [2.75, 3.05) is 7.11 Å². The number of aromatic nitrogens is 2. The van der Waals surface area contributed by atoms with Crippen LogP contribution in [0.1, 0.15) is 5.56 Å². The summed E-state index contributed by atoms with van der Waals surface area (Å²) in [5.41, 5.74) is 4.11. The van der Waals surface area contributed by atoms with Gasteiger partial charge in [-0.2, -0.15) is 0 Å². The van der Waals surface area contributed by atoms with Crippen LogP contribution in [0.3, 0.4) is 0 Å². The van der Waals surface area contributed by atoms with Gasteiger partial charge in [-0.3, -0.25) is 0 Å². The van der Waals surface area contributed by atoms with Gasteiger partial charge in [-0.25, -0.2) is 4.98 Å². The molecule has 3 nitrogen and oxygen atoms in total. The first kappa shape index (κ1) is 10.8. The van der Waals surface area contributed by atoms with E-state index in [4.69, 9.17) is 4.74 Å². The lowest BCUT2D eigenvalue weighted by Crippen LogP contribution is -1.86. The summed E-state index contributed by atoms with van der Waals surface area (Å²) in [6.45, 7) is 2.07. The summed E-state index contributed by atoms with van der Waals surface area (Å²) < 4.78 is 7.39. The molecule has 2 aromatic heterocycles. The molecule has 90 valence electrons. The van der Waals surface area contributed by atoms with Crippen LogP contribution in [0.25, 0.3) is 16.9 Å². The van der Waals surface area contributed by atoms with Crippen molar-refractivity contribution < 1.29 is 4.74 Å². The number of rotatable bonds is 2. The third-order valence-corrected chi connectivity index (χ3v) is 3.00. The van der Waals surface area contributed by atoms with Crippen molar-refractivity contribution in [3.8, 4) is 17.0 Å². The fraction of sp³-hybridized carbons (Fsp3) is 0.133. The number of pyridine rings is 1. The van der Waals surface area contributed by atoms with Crippen LogP contribution < -0.4 is 4.74 Å². The lowest BCUT2D eigenvalue weighted by atomic mass is 10.1. The van der Waals surface area contributed by atoms with E-state index in [1.165, 1.54) is 5.56 Å². The quantitative estimate of drug-likeness (QED) is 0.684. The highest BCUT2D eigenvalue weighted by Crippen LogP contribution is 2.28. The number of benzene rings is 1. The number of nitrogens with zero attached hydrogens (tertiary/aromatic N) is 2. The van der Waals surface area contributed by atoms with E-state index in [-0.39, 0.29) is 0 Å². The molecule has 3 rings (SSSR count). The van der Waals surface area contributed by atoms with Crippen molar-refractivity contribution in [1.29, 1.82) is 0 Å². The normalized spacial score (nSPS) is 10.8. The fourth-order valence-corrected chi connectivity index (χ4v) is 2.07. The second-order valence-corrected chi connectivity index (χ2v) is 4.30. The fourth-order valence-electron chi connectivity index (χ4n) is 2.07. The Kier molecular flexibility index (Phi) is 2.52. The van der Waals surface area contributed by atoms with Gasteiger partial charge in [-0.1, -0.05) is 12.1 Å². The van der Waals surface area contributed by atoms with Gasteiger partial charge in [0.25, 0.3) is 0 Å². The van der Waals surface area contributed by atoms with E-state index in [9.17, 15) is 0 Å². The average molecular weight is 238 g/mol. The largest absolute Gasteiger partial charge is 0.496 e. The van der Waals surface area contributed by atoms with Crippen LogP contribution in [-0.2, 0) is 0 Å². The second kappa shape index (κ2) is 4.18. The first-order valence-electron chi connectivity index (χ1n) is 5.86.